The fourth-order valence-electron chi connectivity index (χ4n) is 4.93. The summed E-state index contributed by atoms with van der Waals surface area (Å²) < 4.78 is 18.8. The lowest BCUT2D eigenvalue weighted by atomic mass is 9.83. The predicted octanol–water partition coefficient (Wildman–Crippen LogP) is 7.00. The molecule has 0 bridgehead atoms. The van der Waals surface area contributed by atoms with Crippen molar-refractivity contribution in [2.24, 2.45) is 16.9 Å². The van der Waals surface area contributed by atoms with Crippen LogP contribution in [0.25, 0.3) is 0 Å². The van der Waals surface area contributed by atoms with E-state index in [1.807, 2.05) is 19.1 Å². The van der Waals surface area contributed by atoms with Gasteiger partial charge < -0.3 is 21.1 Å². The minimum Gasteiger partial charge on any atom is -0.498 e. The second-order valence-electron chi connectivity index (χ2n) is 10.2. The van der Waals surface area contributed by atoms with E-state index in [1.165, 1.54) is 11.3 Å². The van der Waals surface area contributed by atoms with Crippen LogP contribution in [-0.2, 0) is 4.74 Å². The topological polar surface area (TPSA) is 64.5 Å². The number of ether oxygens (including phenoxy) is 1. The van der Waals surface area contributed by atoms with E-state index >= 15 is 0 Å². The highest BCUT2D eigenvalue weighted by Crippen LogP contribution is 2.58. The SMILES string of the molecule is C=C/C=C(\C=C/OCC(F)CC)C1(C(=C)CC(N)CCC/C(C)=C(\N)C2=C(CC)N(C)CC=C2)CC1. The molecule has 0 saturated heterocycles. The molecule has 5 heteroatoms. The molecular formula is C31H48FN3O. The molecule has 0 amide bonds. The number of nitrogens with zero attached hydrogens (tertiary/aromatic N) is 1. The van der Waals surface area contributed by atoms with Gasteiger partial charge in [0.1, 0.15) is 12.8 Å². The second kappa shape index (κ2) is 14.3. The normalized spacial score (nSPS) is 19.8. The van der Waals surface area contributed by atoms with Gasteiger partial charge in [0.15, 0.2) is 0 Å². The molecule has 4 nitrogen and oxygen atoms in total. The van der Waals surface area contributed by atoms with Gasteiger partial charge >= 0.3 is 0 Å². The molecular weight excluding hydrogens is 449 g/mol. The van der Waals surface area contributed by atoms with Gasteiger partial charge in [-0.05, 0) is 75.5 Å². The van der Waals surface area contributed by atoms with Gasteiger partial charge in [-0.25, -0.2) is 4.39 Å². The Labute approximate surface area is 219 Å². The minimum atomic E-state index is -0.941. The third-order valence-corrected chi connectivity index (χ3v) is 7.50. The largest absolute Gasteiger partial charge is 0.498 e. The maximum atomic E-state index is 13.4. The molecule has 0 radical (unpaired) electrons. The van der Waals surface area contributed by atoms with E-state index in [0.29, 0.717) is 6.42 Å². The number of nitrogens with two attached hydrogens (primary N) is 2. The number of allylic oxidation sites excluding steroid dienone is 7. The number of halogens is 1. The average Bonchev–Trinajstić information content (AvgIpc) is 3.67. The standard InChI is InChI=1S/C31H48FN3O/c1-7-12-25(16-20-36-22-26(32)8-2)31(17-18-31)24(5)21-27(33)14-10-13-23(4)30(34)28-15-11-19-35(6)29(28)9-3/h7,11-12,15-16,20,26-27H,1,5,8-10,13-14,17-19,21-22,33-34H2,2-4,6H3/b20-16-,25-12+,30-23-. The van der Waals surface area contributed by atoms with Crippen LogP contribution in [0.15, 0.2) is 83.5 Å². The zero-order valence-corrected chi connectivity index (χ0v) is 23.0. The van der Waals surface area contributed by atoms with Crippen molar-refractivity contribution in [3.63, 3.8) is 0 Å². The van der Waals surface area contributed by atoms with Gasteiger partial charge in [-0.15, -0.1) is 0 Å². The lowest BCUT2D eigenvalue weighted by molar-refractivity contribution is 0.153. The summed E-state index contributed by atoms with van der Waals surface area (Å²) in [6.07, 6.45) is 17.8. The molecule has 1 saturated carbocycles. The van der Waals surface area contributed by atoms with Gasteiger partial charge in [0.05, 0.1) is 6.26 Å². The first kappa shape index (κ1) is 29.7. The zero-order chi connectivity index (χ0) is 26.7. The summed E-state index contributed by atoms with van der Waals surface area (Å²) >= 11 is 0. The monoisotopic (exact) mass is 497 g/mol. The van der Waals surface area contributed by atoms with Crippen molar-refractivity contribution in [2.45, 2.75) is 84.4 Å². The van der Waals surface area contributed by atoms with Crippen LogP contribution in [0.3, 0.4) is 0 Å². The molecule has 0 aromatic heterocycles. The van der Waals surface area contributed by atoms with E-state index in [2.05, 4.69) is 51.1 Å². The van der Waals surface area contributed by atoms with Gasteiger partial charge in [0, 0.05) is 42.0 Å². The van der Waals surface area contributed by atoms with E-state index in [-0.39, 0.29) is 18.1 Å². The van der Waals surface area contributed by atoms with Crippen LogP contribution in [0.1, 0.15) is 72.1 Å². The molecule has 1 heterocycles. The van der Waals surface area contributed by atoms with Gasteiger partial charge in [-0.3, -0.25) is 0 Å². The first-order valence-electron chi connectivity index (χ1n) is 13.5. The molecule has 0 aromatic carbocycles. The third-order valence-electron chi connectivity index (χ3n) is 7.50. The Hall–Kier alpha value is -2.53. The first-order valence-corrected chi connectivity index (χ1v) is 13.5. The highest BCUT2D eigenvalue weighted by atomic mass is 19.1. The van der Waals surface area contributed by atoms with Crippen molar-refractivity contribution < 1.29 is 9.13 Å². The molecule has 2 atom stereocenters. The minimum absolute atomic E-state index is 0.0530. The van der Waals surface area contributed by atoms with E-state index < -0.39 is 6.17 Å². The molecule has 2 rings (SSSR count). The van der Waals surface area contributed by atoms with Crippen LogP contribution in [0.5, 0.6) is 0 Å². The molecule has 0 spiro atoms. The lowest BCUT2D eigenvalue weighted by Gasteiger charge is -2.27. The third kappa shape index (κ3) is 7.99. The fourth-order valence-corrected chi connectivity index (χ4v) is 4.93. The smallest absolute Gasteiger partial charge is 0.134 e. The Morgan fingerprint density at radius 2 is 2.06 bits per heavy atom. The second-order valence-corrected chi connectivity index (χ2v) is 10.2. The number of hydrogen-bond acceptors (Lipinski definition) is 4. The van der Waals surface area contributed by atoms with Crippen LogP contribution in [0.4, 0.5) is 4.39 Å². The van der Waals surface area contributed by atoms with Crippen molar-refractivity contribution in [2.75, 3.05) is 20.2 Å². The van der Waals surface area contributed by atoms with Crippen molar-refractivity contribution in [1.82, 2.24) is 4.90 Å². The number of hydrogen-bond donors (Lipinski definition) is 2. The molecule has 1 fully saturated rings. The average molecular weight is 498 g/mol. The maximum Gasteiger partial charge on any atom is 0.134 e. The van der Waals surface area contributed by atoms with Gasteiger partial charge in [-0.1, -0.05) is 56.9 Å². The van der Waals surface area contributed by atoms with E-state index in [0.717, 1.165) is 73.9 Å². The van der Waals surface area contributed by atoms with Crippen molar-refractivity contribution in [3.8, 4) is 0 Å². The molecule has 4 N–H and O–H groups in total. The molecule has 2 unspecified atom stereocenters. The summed E-state index contributed by atoms with van der Waals surface area (Å²) in [5, 5.41) is 0. The first-order chi connectivity index (χ1) is 17.2. The number of likely N-dealkylation sites (N-methyl/N-ethyl adjacent to an activating group) is 1. The maximum absolute atomic E-state index is 13.4. The summed E-state index contributed by atoms with van der Waals surface area (Å²) in [5.74, 6) is 0. The van der Waals surface area contributed by atoms with Gasteiger partial charge in [0.25, 0.3) is 0 Å². The Balaban J connectivity index is 1.92. The molecule has 2 aliphatic rings. The Morgan fingerprint density at radius 3 is 2.67 bits per heavy atom. The Bertz CT molecular complexity index is 920. The molecule has 0 aromatic rings. The van der Waals surface area contributed by atoms with Crippen molar-refractivity contribution in [3.05, 3.63) is 83.5 Å². The van der Waals surface area contributed by atoms with Crippen LogP contribution in [0, 0.1) is 5.41 Å². The van der Waals surface area contributed by atoms with Crippen LogP contribution >= 0.6 is 0 Å². The Morgan fingerprint density at radius 1 is 1.33 bits per heavy atom. The van der Waals surface area contributed by atoms with Gasteiger partial charge in [0.2, 0.25) is 0 Å². The van der Waals surface area contributed by atoms with E-state index in [9.17, 15) is 4.39 Å². The van der Waals surface area contributed by atoms with Crippen molar-refractivity contribution >= 4 is 0 Å². The number of alkyl halides is 1. The summed E-state index contributed by atoms with van der Waals surface area (Å²) in [4.78, 5) is 2.27. The highest BCUT2D eigenvalue weighted by Gasteiger charge is 2.47. The summed E-state index contributed by atoms with van der Waals surface area (Å²) in [7, 11) is 2.12. The Kier molecular flexibility index (Phi) is 11.8. The molecule has 1 aliphatic carbocycles. The molecule has 1 aliphatic heterocycles. The van der Waals surface area contributed by atoms with E-state index in [4.69, 9.17) is 16.2 Å². The van der Waals surface area contributed by atoms with E-state index in [1.54, 1.807) is 12.3 Å². The number of rotatable bonds is 16. The predicted molar refractivity (Wildman–Crippen MR) is 152 cm³/mol. The summed E-state index contributed by atoms with van der Waals surface area (Å²) in [5.41, 5.74) is 19.9. The van der Waals surface area contributed by atoms with Crippen LogP contribution in [0.2, 0.25) is 0 Å². The summed E-state index contributed by atoms with van der Waals surface area (Å²) in [6, 6.07) is 0.0530. The zero-order valence-electron chi connectivity index (χ0n) is 23.0. The van der Waals surface area contributed by atoms with Gasteiger partial charge in [-0.2, -0.15) is 0 Å². The molecule has 36 heavy (non-hydrogen) atoms. The fraction of sp³-hybridized carbons (Fsp3) is 0.548. The highest BCUT2D eigenvalue weighted by molar-refractivity contribution is 5.45. The molecule has 200 valence electrons. The summed E-state index contributed by atoms with van der Waals surface area (Å²) in [6.45, 7) is 15.4. The quantitative estimate of drug-likeness (QED) is 0.137. The van der Waals surface area contributed by atoms with Crippen LogP contribution < -0.4 is 11.5 Å². The van der Waals surface area contributed by atoms with Crippen LogP contribution in [-0.4, -0.2) is 37.3 Å². The van der Waals surface area contributed by atoms with Crippen molar-refractivity contribution in [1.29, 1.82) is 0 Å². The lowest BCUT2D eigenvalue weighted by Crippen LogP contribution is -2.24.